The van der Waals surface area contributed by atoms with E-state index in [0.29, 0.717) is 6.54 Å². The molecule has 3 atom stereocenters. The number of aryl methyl sites for hydroxylation is 2. The van der Waals surface area contributed by atoms with Gasteiger partial charge < -0.3 is 10.0 Å². The van der Waals surface area contributed by atoms with Gasteiger partial charge in [0.15, 0.2) is 0 Å². The predicted molar refractivity (Wildman–Crippen MR) is 105 cm³/mol. The van der Waals surface area contributed by atoms with Gasteiger partial charge >= 0.3 is 0 Å². The first-order chi connectivity index (χ1) is 13.0. The third kappa shape index (κ3) is 2.98. The van der Waals surface area contributed by atoms with Crippen LogP contribution in [0.5, 0.6) is 0 Å². The molecule has 0 spiro atoms. The molecule has 0 radical (unpaired) electrons. The van der Waals surface area contributed by atoms with Crippen molar-refractivity contribution in [3.8, 4) is 0 Å². The lowest BCUT2D eigenvalue weighted by Crippen LogP contribution is -2.42. The maximum Gasteiger partial charge on any atom is 0.254 e. The fraction of sp³-hybridized carbons (Fsp3) is 0.545. The molecule has 1 aromatic carbocycles. The molecule has 144 valence electrons. The molecule has 2 saturated heterocycles. The quantitative estimate of drug-likeness (QED) is 0.882. The highest BCUT2D eigenvalue weighted by atomic mass is 16.3. The number of hydrogen-bond acceptors (Lipinski definition) is 3. The minimum absolute atomic E-state index is 0.103. The average molecular weight is 367 g/mol. The molecule has 1 N–H and O–H groups in total. The van der Waals surface area contributed by atoms with Crippen molar-refractivity contribution in [1.82, 2.24) is 14.7 Å². The Morgan fingerprint density at radius 1 is 1.26 bits per heavy atom. The number of nitrogens with zero attached hydrogens (tertiary/aromatic N) is 3. The van der Waals surface area contributed by atoms with Crippen LogP contribution in [0, 0.1) is 19.3 Å². The topological polar surface area (TPSA) is 58.4 Å². The Bertz CT molecular complexity index is 836. The molecule has 2 aromatic rings. The Morgan fingerprint density at radius 2 is 2.00 bits per heavy atom. The minimum atomic E-state index is -0.103. The van der Waals surface area contributed by atoms with Crippen LogP contribution in [0.25, 0.3) is 0 Å². The van der Waals surface area contributed by atoms with Gasteiger partial charge in [-0.15, -0.1) is 0 Å². The summed E-state index contributed by atoms with van der Waals surface area (Å²) in [5.74, 6) is 0.115. The number of amides is 1. The zero-order chi connectivity index (χ0) is 19.2. The Labute approximate surface area is 161 Å². The predicted octanol–water partition coefficient (Wildman–Crippen LogP) is 3.31. The molecule has 2 fully saturated rings. The van der Waals surface area contributed by atoms with E-state index in [1.54, 1.807) is 0 Å². The number of aromatic nitrogens is 2. The van der Waals surface area contributed by atoms with Gasteiger partial charge in [-0.05, 0) is 63.3 Å². The van der Waals surface area contributed by atoms with E-state index >= 15 is 0 Å². The molecular weight excluding hydrogens is 338 g/mol. The smallest absolute Gasteiger partial charge is 0.254 e. The Kier molecular flexibility index (Phi) is 4.58. The fourth-order valence-corrected chi connectivity index (χ4v) is 5.17. The van der Waals surface area contributed by atoms with E-state index in [0.717, 1.165) is 48.2 Å². The summed E-state index contributed by atoms with van der Waals surface area (Å²) in [6.45, 7) is 7.08. The van der Waals surface area contributed by atoms with Gasteiger partial charge in [0.05, 0.1) is 18.8 Å². The van der Waals surface area contributed by atoms with Crippen molar-refractivity contribution in [2.75, 3.05) is 6.61 Å². The van der Waals surface area contributed by atoms with E-state index in [4.69, 9.17) is 0 Å². The molecular formula is C22H29N3O2. The lowest BCUT2D eigenvalue weighted by Gasteiger charge is -2.34. The van der Waals surface area contributed by atoms with Crippen LogP contribution in [0.2, 0.25) is 0 Å². The number of benzene rings is 1. The van der Waals surface area contributed by atoms with Crippen LogP contribution >= 0.6 is 0 Å². The van der Waals surface area contributed by atoms with Gasteiger partial charge in [-0.1, -0.05) is 19.1 Å². The van der Waals surface area contributed by atoms with E-state index in [1.807, 2.05) is 35.9 Å². The highest BCUT2D eigenvalue weighted by Crippen LogP contribution is 2.51. The SMILES string of the molecule is CC[C@]1(CO)C[C@H]2CC[C@@H]1N2C(=O)c1ccc(Cn2nc(C)cc2C)cc1. The van der Waals surface area contributed by atoms with Crippen LogP contribution in [0.4, 0.5) is 0 Å². The lowest BCUT2D eigenvalue weighted by atomic mass is 9.72. The molecule has 2 bridgehead atoms. The lowest BCUT2D eigenvalue weighted by molar-refractivity contribution is 0.0557. The van der Waals surface area contributed by atoms with Crippen LogP contribution in [-0.4, -0.2) is 44.4 Å². The van der Waals surface area contributed by atoms with Crippen LogP contribution in [0.1, 0.15) is 59.9 Å². The summed E-state index contributed by atoms with van der Waals surface area (Å²) in [6, 6.07) is 10.5. The van der Waals surface area contributed by atoms with Gasteiger partial charge in [-0.3, -0.25) is 9.48 Å². The first kappa shape index (κ1) is 18.2. The second-order valence-electron chi connectivity index (χ2n) is 8.32. The van der Waals surface area contributed by atoms with Crippen LogP contribution in [0.3, 0.4) is 0 Å². The number of aliphatic hydroxyl groups excluding tert-OH is 1. The van der Waals surface area contributed by atoms with Crippen LogP contribution in [-0.2, 0) is 6.54 Å². The van der Waals surface area contributed by atoms with Crippen molar-refractivity contribution < 1.29 is 9.90 Å². The largest absolute Gasteiger partial charge is 0.396 e. The van der Waals surface area contributed by atoms with Crippen molar-refractivity contribution in [1.29, 1.82) is 0 Å². The van der Waals surface area contributed by atoms with Crippen LogP contribution in [0.15, 0.2) is 30.3 Å². The number of hydrogen-bond donors (Lipinski definition) is 1. The standard InChI is InChI=1S/C22H29N3O2/c1-4-22(14-26)12-19-9-10-20(22)25(19)21(27)18-7-5-17(6-8-18)13-24-16(3)11-15(2)23-24/h5-8,11,19-20,26H,4,9-10,12-14H2,1-3H3/t19-,20+,22-/m1/s1. The molecule has 1 amide bonds. The molecule has 2 aliphatic rings. The van der Waals surface area contributed by atoms with E-state index in [9.17, 15) is 9.90 Å². The zero-order valence-electron chi connectivity index (χ0n) is 16.5. The minimum Gasteiger partial charge on any atom is -0.396 e. The molecule has 0 saturated carbocycles. The van der Waals surface area contributed by atoms with Crippen molar-refractivity contribution in [2.45, 2.75) is 65.1 Å². The summed E-state index contributed by atoms with van der Waals surface area (Å²) in [4.78, 5) is 15.2. The number of rotatable bonds is 5. The highest BCUT2D eigenvalue weighted by Gasteiger charge is 2.56. The summed E-state index contributed by atoms with van der Waals surface area (Å²) in [7, 11) is 0. The fourth-order valence-electron chi connectivity index (χ4n) is 5.17. The Morgan fingerprint density at radius 3 is 2.56 bits per heavy atom. The van der Waals surface area contributed by atoms with Gasteiger partial charge in [0, 0.05) is 28.8 Å². The third-order valence-corrected chi connectivity index (χ3v) is 6.74. The monoisotopic (exact) mass is 367 g/mol. The summed E-state index contributed by atoms with van der Waals surface area (Å²) < 4.78 is 1.99. The molecule has 4 rings (SSSR count). The van der Waals surface area contributed by atoms with Crippen molar-refractivity contribution in [3.63, 3.8) is 0 Å². The zero-order valence-corrected chi connectivity index (χ0v) is 16.5. The van der Waals surface area contributed by atoms with E-state index < -0.39 is 0 Å². The second-order valence-corrected chi connectivity index (χ2v) is 8.32. The second kappa shape index (κ2) is 6.79. The third-order valence-electron chi connectivity index (χ3n) is 6.74. The molecule has 5 nitrogen and oxygen atoms in total. The van der Waals surface area contributed by atoms with Gasteiger partial charge in [0.1, 0.15) is 0 Å². The number of carbonyl (C=O) groups is 1. The van der Waals surface area contributed by atoms with E-state index in [1.165, 1.54) is 0 Å². The van der Waals surface area contributed by atoms with Crippen molar-refractivity contribution >= 4 is 5.91 Å². The molecule has 5 heteroatoms. The molecule has 2 aliphatic heterocycles. The normalized spacial score (nSPS) is 26.7. The van der Waals surface area contributed by atoms with E-state index in [2.05, 4.69) is 29.9 Å². The Hall–Kier alpha value is -2.14. The summed E-state index contributed by atoms with van der Waals surface area (Å²) in [6.07, 6.45) is 3.94. The molecule has 0 aliphatic carbocycles. The summed E-state index contributed by atoms with van der Waals surface area (Å²) >= 11 is 0. The van der Waals surface area contributed by atoms with Crippen LogP contribution < -0.4 is 0 Å². The summed E-state index contributed by atoms with van der Waals surface area (Å²) in [5.41, 5.74) is 3.94. The maximum absolute atomic E-state index is 13.2. The van der Waals surface area contributed by atoms with E-state index in [-0.39, 0.29) is 30.0 Å². The first-order valence-electron chi connectivity index (χ1n) is 10.0. The maximum atomic E-state index is 13.2. The molecule has 0 unspecified atom stereocenters. The Balaban J connectivity index is 1.51. The molecule has 3 heterocycles. The van der Waals surface area contributed by atoms with Gasteiger partial charge in [0.2, 0.25) is 0 Å². The first-order valence-corrected chi connectivity index (χ1v) is 10.0. The molecule has 27 heavy (non-hydrogen) atoms. The highest BCUT2D eigenvalue weighted by molar-refractivity contribution is 5.95. The van der Waals surface area contributed by atoms with Gasteiger partial charge in [-0.2, -0.15) is 5.10 Å². The average Bonchev–Trinajstić information content (AvgIpc) is 3.33. The summed E-state index contributed by atoms with van der Waals surface area (Å²) in [5, 5.41) is 14.5. The van der Waals surface area contributed by atoms with Crippen molar-refractivity contribution in [3.05, 3.63) is 52.8 Å². The number of carbonyl (C=O) groups excluding carboxylic acids is 1. The van der Waals surface area contributed by atoms with Gasteiger partial charge in [-0.25, -0.2) is 0 Å². The number of aliphatic hydroxyl groups is 1. The van der Waals surface area contributed by atoms with Crippen molar-refractivity contribution in [2.24, 2.45) is 5.41 Å². The molecule has 1 aromatic heterocycles. The van der Waals surface area contributed by atoms with Gasteiger partial charge in [0.25, 0.3) is 5.91 Å². The number of fused-ring (bicyclic) bond motifs is 2.